The molecule has 6 heteroatoms. The molecule has 0 aliphatic heterocycles. The maximum absolute atomic E-state index is 11.3. The number of ether oxygens (including phenoxy) is 2. The summed E-state index contributed by atoms with van der Waals surface area (Å²) in [4.78, 5) is 22.3. The van der Waals surface area contributed by atoms with Crippen LogP contribution in [0.3, 0.4) is 0 Å². The van der Waals surface area contributed by atoms with Crippen molar-refractivity contribution in [2.45, 2.75) is 39.2 Å². The van der Waals surface area contributed by atoms with Gasteiger partial charge < -0.3 is 20.1 Å². The van der Waals surface area contributed by atoms with Crippen molar-refractivity contribution in [2.75, 3.05) is 19.7 Å². The number of carbonyl (C=O) groups excluding carboxylic acids is 2. The van der Waals surface area contributed by atoms with E-state index in [9.17, 15) is 9.59 Å². The van der Waals surface area contributed by atoms with Gasteiger partial charge in [0.05, 0.1) is 0 Å². The largest absolute Gasteiger partial charge is 0.445 e. The van der Waals surface area contributed by atoms with E-state index in [4.69, 9.17) is 9.47 Å². The Morgan fingerprint density at radius 2 is 1.63 bits per heavy atom. The summed E-state index contributed by atoms with van der Waals surface area (Å²) >= 11 is 0. The average molecular weight is 272 g/mol. The van der Waals surface area contributed by atoms with Crippen LogP contribution in [0.2, 0.25) is 0 Å². The van der Waals surface area contributed by atoms with Crippen LogP contribution in [-0.2, 0) is 9.47 Å². The topological polar surface area (TPSA) is 76.7 Å². The number of hydrogen-bond acceptors (Lipinski definition) is 4. The summed E-state index contributed by atoms with van der Waals surface area (Å²) in [5, 5.41) is 5.23. The van der Waals surface area contributed by atoms with Gasteiger partial charge in [0, 0.05) is 13.1 Å². The van der Waals surface area contributed by atoms with Crippen LogP contribution in [0.1, 0.15) is 33.6 Å². The second kappa shape index (κ2) is 9.24. The lowest BCUT2D eigenvalue weighted by molar-refractivity contribution is 0.0527. The van der Waals surface area contributed by atoms with Crippen molar-refractivity contribution < 1.29 is 19.1 Å². The molecular formula is C13H24N2O4. The second-order valence-corrected chi connectivity index (χ2v) is 4.95. The number of nitrogens with one attached hydrogen (secondary N) is 2. The summed E-state index contributed by atoms with van der Waals surface area (Å²) in [6, 6.07) is 0. The van der Waals surface area contributed by atoms with Crippen LogP contribution in [0.25, 0.3) is 0 Å². The van der Waals surface area contributed by atoms with E-state index < -0.39 is 17.8 Å². The first-order valence-corrected chi connectivity index (χ1v) is 6.33. The fourth-order valence-corrected chi connectivity index (χ4v) is 1.13. The molecule has 0 aromatic rings. The zero-order chi connectivity index (χ0) is 14.7. The number of amides is 2. The molecule has 0 aliphatic carbocycles. The number of carbonyl (C=O) groups is 2. The average Bonchev–Trinajstić information content (AvgIpc) is 2.28. The van der Waals surface area contributed by atoms with Crippen LogP contribution in [0.4, 0.5) is 9.59 Å². The Morgan fingerprint density at radius 1 is 1.11 bits per heavy atom. The van der Waals surface area contributed by atoms with Crippen LogP contribution in [0.15, 0.2) is 12.7 Å². The molecule has 0 spiro atoms. The van der Waals surface area contributed by atoms with E-state index in [1.165, 1.54) is 6.08 Å². The minimum absolute atomic E-state index is 0.200. The van der Waals surface area contributed by atoms with Gasteiger partial charge in [0.25, 0.3) is 0 Å². The maximum atomic E-state index is 11.3. The lowest BCUT2D eigenvalue weighted by Crippen LogP contribution is -2.33. The first-order valence-electron chi connectivity index (χ1n) is 6.33. The highest BCUT2D eigenvalue weighted by Gasteiger charge is 2.15. The number of alkyl carbamates (subject to hydrolysis) is 2. The third-order valence-electron chi connectivity index (χ3n) is 1.87. The Kier molecular flexibility index (Phi) is 8.41. The molecule has 0 fully saturated rings. The van der Waals surface area contributed by atoms with Gasteiger partial charge in [-0.05, 0) is 33.6 Å². The highest BCUT2D eigenvalue weighted by molar-refractivity contribution is 5.67. The molecule has 0 unspecified atom stereocenters. The molecular weight excluding hydrogens is 248 g/mol. The van der Waals surface area contributed by atoms with Crippen molar-refractivity contribution in [1.29, 1.82) is 0 Å². The predicted octanol–water partition coefficient (Wildman–Crippen LogP) is 2.20. The summed E-state index contributed by atoms with van der Waals surface area (Å²) < 4.78 is 9.81. The van der Waals surface area contributed by atoms with Gasteiger partial charge in [-0.2, -0.15) is 0 Å². The fraction of sp³-hybridized carbons (Fsp3) is 0.692. The van der Waals surface area contributed by atoms with Gasteiger partial charge in [-0.25, -0.2) is 9.59 Å². The van der Waals surface area contributed by atoms with Crippen LogP contribution >= 0.6 is 0 Å². The Hall–Kier alpha value is -1.72. The van der Waals surface area contributed by atoms with Gasteiger partial charge in [-0.3, -0.25) is 0 Å². The maximum Gasteiger partial charge on any atom is 0.407 e. The Labute approximate surface area is 114 Å². The third kappa shape index (κ3) is 12.5. The third-order valence-corrected chi connectivity index (χ3v) is 1.87. The molecule has 0 radical (unpaired) electrons. The van der Waals surface area contributed by atoms with E-state index in [1.54, 1.807) is 0 Å². The quantitative estimate of drug-likeness (QED) is 0.550. The van der Waals surface area contributed by atoms with E-state index in [-0.39, 0.29) is 6.61 Å². The molecule has 110 valence electrons. The van der Waals surface area contributed by atoms with Crippen LogP contribution in [0, 0.1) is 0 Å². The minimum Gasteiger partial charge on any atom is -0.445 e. The van der Waals surface area contributed by atoms with E-state index in [0.29, 0.717) is 13.1 Å². The zero-order valence-corrected chi connectivity index (χ0v) is 12.0. The van der Waals surface area contributed by atoms with E-state index in [2.05, 4.69) is 17.2 Å². The fourth-order valence-electron chi connectivity index (χ4n) is 1.13. The standard InChI is InChI=1S/C13H24N2O4/c1-5-10-18-11(16)14-8-6-7-9-15-12(17)19-13(2,3)4/h5H,1,6-10H2,2-4H3,(H,14,16)(H,15,17). The molecule has 0 aromatic carbocycles. The molecule has 2 amide bonds. The van der Waals surface area contributed by atoms with Crippen LogP contribution in [0.5, 0.6) is 0 Å². The second-order valence-electron chi connectivity index (χ2n) is 4.95. The summed E-state index contributed by atoms with van der Waals surface area (Å²) in [5.74, 6) is 0. The van der Waals surface area contributed by atoms with Crippen molar-refractivity contribution >= 4 is 12.2 Å². The molecule has 0 bridgehead atoms. The highest BCUT2D eigenvalue weighted by atomic mass is 16.6. The number of rotatable bonds is 7. The van der Waals surface area contributed by atoms with Gasteiger partial charge in [0.15, 0.2) is 0 Å². The van der Waals surface area contributed by atoms with Gasteiger partial charge >= 0.3 is 12.2 Å². The van der Waals surface area contributed by atoms with Crippen molar-refractivity contribution in [3.63, 3.8) is 0 Å². The van der Waals surface area contributed by atoms with E-state index in [1.807, 2.05) is 20.8 Å². The van der Waals surface area contributed by atoms with Gasteiger partial charge in [-0.15, -0.1) is 0 Å². The van der Waals surface area contributed by atoms with Crippen LogP contribution in [-0.4, -0.2) is 37.5 Å². The molecule has 2 N–H and O–H groups in total. The van der Waals surface area contributed by atoms with Crippen molar-refractivity contribution in [3.05, 3.63) is 12.7 Å². The summed E-state index contributed by atoms with van der Waals surface area (Å²) in [6.07, 6.45) is 2.12. The minimum atomic E-state index is -0.486. The summed E-state index contributed by atoms with van der Waals surface area (Å²) in [7, 11) is 0. The normalized spacial score (nSPS) is 10.5. The first-order chi connectivity index (χ1) is 8.85. The zero-order valence-electron chi connectivity index (χ0n) is 12.0. The monoisotopic (exact) mass is 272 g/mol. The Morgan fingerprint density at radius 3 is 2.11 bits per heavy atom. The van der Waals surface area contributed by atoms with Crippen molar-refractivity contribution in [1.82, 2.24) is 10.6 Å². The summed E-state index contributed by atoms with van der Waals surface area (Å²) in [6.45, 7) is 10.1. The van der Waals surface area contributed by atoms with E-state index >= 15 is 0 Å². The van der Waals surface area contributed by atoms with Crippen molar-refractivity contribution in [2.24, 2.45) is 0 Å². The van der Waals surface area contributed by atoms with Crippen LogP contribution < -0.4 is 10.6 Å². The van der Waals surface area contributed by atoms with E-state index in [0.717, 1.165) is 12.8 Å². The smallest absolute Gasteiger partial charge is 0.407 e. The Balaban J connectivity index is 3.43. The van der Waals surface area contributed by atoms with Crippen molar-refractivity contribution in [3.8, 4) is 0 Å². The molecule has 0 aromatic heterocycles. The molecule has 0 atom stereocenters. The molecule has 0 aliphatic rings. The lowest BCUT2D eigenvalue weighted by Gasteiger charge is -2.19. The van der Waals surface area contributed by atoms with Gasteiger partial charge in [0.2, 0.25) is 0 Å². The molecule has 0 saturated carbocycles. The SMILES string of the molecule is C=CCOC(=O)NCCCCNC(=O)OC(C)(C)C. The Bertz CT molecular complexity index is 298. The summed E-state index contributed by atoms with van der Waals surface area (Å²) in [5.41, 5.74) is -0.486. The molecule has 0 heterocycles. The number of hydrogen-bond donors (Lipinski definition) is 2. The molecule has 0 rings (SSSR count). The highest BCUT2D eigenvalue weighted by Crippen LogP contribution is 2.06. The molecule has 19 heavy (non-hydrogen) atoms. The lowest BCUT2D eigenvalue weighted by atomic mass is 10.2. The molecule has 0 saturated heterocycles. The number of unbranched alkanes of at least 4 members (excludes halogenated alkanes) is 1. The predicted molar refractivity (Wildman–Crippen MR) is 73.0 cm³/mol. The van der Waals surface area contributed by atoms with Gasteiger partial charge in [0.1, 0.15) is 12.2 Å². The molecule has 6 nitrogen and oxygen atoms in total. The first kappa shape index (κ1) is 17.3. The van der Waals surface area contributed by atoms with Gasteiger partial charge in [-0.1, -0.05) is 12.7 Å².